The normalized spacial score (nSPS) is 15.9. The third-order valence-corrected chi connectivity index (χ3v) is 10.5. The van der Waals surface area contributed by atoms with Crippen LogP contribution in [-0.2, 0) is 27.3 Å². The number of amides is 2. The number of rotatable bonds is 17. The van der Waals surface area contributed by atoms with Gasteiger partial charge in [0.1, 0.15) is 10.8 Å². The molecule has 2 aliphatic carbocycles. The fourth-order valence-electron chi connectivity index (χ4n) is 7.00. The van der Waals surface area contributed by atoms with Crippen LogP contribution in [0.3, 0.4) is 0 Å². The number of unbranched alkanes of at least 4 members (excludes halogenated alkanes) is 1. The highest BCUT2D eigenvalue weighted by Gasteiger charge is 2.54. The molecule has 1 spiro atoms. The maximum atomic E-state index is 14.8. The number of hydrogen-bond donors (Lipinski definition) is 0. The summed E-state index contributed by atoms with van der Waals surface area (Å²) in [4.78, 5) is 50.9. The Bertz CT molecular complexity index is 1900. The number of carbonyl (C=O) groups is 2. The molecule has 2 fully saturated rings. The van der Waals surface area contributed by atoms with Crippen LogP contribution in [0.1, 0.15) is 67.2 Å². The first-order chi connectivity index (χ1) is 26.0. The largest absolute Gasteiger partial charge is 0.489 e. The number of pyridine rings is 1. The summed E-state index contributed by atoms with van der Waals surface area (Å²) in [5, 5.41) is 9.19. The van der Waals surface area contributed by atoms with Gasteiger partial charge >= 0.3 is 6.09 Å². The first kappa shape index (κ1) is 38.7. The van der Waals surface area contributed by atoms with Crippen molar-refractivity contribution in [3.8, 4) is 11.6 Å². The van der Waals surface area contributed by atoms with Crippen molar-refractivity contribution in [2.75, 3.05) is 40.0 Å². The lowest BCUT2D eigenvalue weighted by atomic mass is 9.81. The molecule has 0 saturated heterocycles. The molecule has 54 heavy (non-hydrogen) atoms. The summed E-state index contributed by atoms with van der Waals surface area (Å²) >= 11 is 5.89. The minimum absolute atomic E-state index is 0.0593. The van der Waals surface area contributed by atoms with Gasteiger partial charge in [-0.05, 0) is 98.8 Å². The van der Waals surface area contributed by atoms with Crippen LogP contribution >= 0.6 is 11.6 Å². The Morgan fingerprint density at radius 3 is 2.44 bits per heavy atom. The number of ether oxygens (including phenoxy) is 3. The second-order valence-corrected chi connectivity index (χ2v) is 14.3. The number of nitrogens with zero attached hydrogens (tertiary/aromatic N) is 4. The number of aromatic nitrogens is 1. The summed E-state index contributed by atoms with van der Waals surface area (Å²) in [5.41, 5.74) is 4.75. The highest BCUT2D eigenvalue weighted by molar-refractivity contribution is 6.32. The molecule has 1 aromatic heterocycles. The van der Waals surface area contributed by atoms with Gasteiger partial charge in [0.25, 0.3) is 11.0 Å². The van der Waals surface area contributed by atoms with Gasteiger partial charge in [0.2, 0.25) is 5.88 Å². The van der Waals surface area contributed by atoms with Crippen LogP contribution in [0.25, 0.3) is 5.57 Å². The van der Waals surface area contributed by atoms with Gasteiger partial charge in [-0.3, -0.25) is 4.79 Å². The minimum Gasteiger partial charge on any atom is -0.489 e. The summed E-state index contributed by atoms with van der Waals surface area (Å²) in [5.74, 6) is -1.41. The van der Waals surface area contributed by atoms with Gasteiger partial charge in [-0.1, -0.05) is 35.9 Å². The van der Waals surface area contributed by atoms with E-state index in [1.54, 1.807) is 18.2 Å². The zero-order valence-corrected chi connectivity index (χ0v) is 31.0. The van der Waals surface area contributed by atoms with E-state index >= 15 is 0 Å². The average Bonchev–Trinajstić information content (AvgIpc) is 4.11. The highest BCUT2D eigenvalue weighted by atomic mass is 35.5. The van der Waals surface area contributed by atoms with Crippen LogP contribution in [0.4, 0.5) is 13.6 Å². The van der Waals surface area contributed by atoms with Crippen molar-refractivity contribution < 1.29 is 42.5 Å². The molecule has 288 valence electrons. The number of methoxy groups -OCH3 is 1. The molecule has 0 radical (unpaired) electrons. The molecule has 6 rings (SSSR count). The van der Waals surface area contributed by atoms with Gasteiger partial charge in [0.15, 0.2) is 11.6 Å². The lowest BCUT2D eigenvalue weighted by Crippen LogP contribution is -2.46. The van der Waals surface area contributed by atoms with Crippen molar-refractivity contribution in [1.29, 1.82) is 0 Å². The smallest absolute Gasteiger partial charge is 0.410 e. The summed E-state index contributed by atoms with van der Waals surface area (Å²) in [7, 11) is 1.56. The monoisotopic (exact) mass is 768 g/mol. The Kier molecular flexibility index (Phi) is 12.2. The predicted molar refractivity (Wildman–Crippen MR) is 194 cm³/mol. The molecule has 1 aliphatic heterocycles. The molecule has 0 unspecified atom stereocenters. The van der Waals surface area contributed by atoms with E-state index in [9.17, 15) is 28.5 Å². The fraction of sp³-hybridized carbons (Fsp3) is 0.462. The highest BCUT2D eigenvalue weighted by Crippen LogP contribution is 2.59. The van der Waals surface area contributed by atoms with Gasteiger partial charge in [-0.2, -0.15) is 0 Å². The summed E-state index contributed by atoms with van der Waals surface area (Å²) in [6.45, 7) is 2.86. The van der Waals surface area contributed by atoms with Gasteiger partial charge in [-0.15, -0.1) is 10.1 Å². The molecular formula is C39H43ClF2N4O8. The number of carbonyl (C=O) groups excluding carboxylic acids is 2. The quantitative estimate of drug-likeness (QED) is 0.0592. The summed E-state index contributed by atoms with van der Waals surface area (Å²) in [6, 6.07) is 11.9. The number of hydrogen-bond acceptors (Lipinski definition) is 9. The molecule has 3 aromatic rings. The first-order valence-corrected chi connectivity index (χ1v) is 18.5. The molecule has 15 heteroatoms. The molecule has 0 atom stereocenters. The standard InChI is InChI=1S/C39H43ClF2N4O8/c1-25-28(15-18-43-36(25)51-2)22-45(29-11-12-29)37(47)30-23-44(38(48)53-19-3-4-21-54-46(49)50)24-39(16-17-39)33(30)27-9-7-26(8-10-27)6-5-20-52-35-32(42)14-13-31(41)34(35)40/h7-10,13-15,18,29H,3-6,11-12,16-17,19-24H2,1-2H3. The summed E-state index contributed by atoms with van der Waals surface area (Å²) < 4.78 is 44.4. The number of aryl methyl sites for hydroxylation is 1. The molecule has 3 aliphatic rings. The first-order valence-electron chi connectivity index (χ1n) is 18.1. The molecule has 2 heterocycles. The van der Waals surface area contributed by atoms with Gasteiger partial charge in [0.05, 0.1) is 33.5 Å². The molecule has 12 nitrogen and oxygen atoms in total. The second-order valence-electron chi connectivity index (χ2n) is 14.0. The van der Waals surface area contributed by atoms with Crippen molar-refractivity contribution >= 4 is 29.2 Å². The molecule has 0 N–H and O–H groups in total. The lowest BCUT2D eigenvalue weighted by molar-refractivity contribution is -0.757. The number of benzene rings is 2. The number of halogens is 3. The zero-order valence-electron chi connectivity index (χ0n) is 30.3. The Labute approximate surface area is 317 Å². The van der Waals surface area contributed by atoms with Crippen molar-refractivity contribution in [1.82, 2.24) is 14.8 Å². The van der Waals surface area contributed by atoms with Crippen LogP contribution in [0.2, 0.25) is 5.02 Å². The van der Waals surface area contributed by atoms with Crippen LogP contribution in [0.5, 0.6) is 11.6 Å². The summed E-state index contributed by atoms with van der Waals surface area (Å²) in [6.07, 6.45) is 6.35. The Balaban J connectivity index is 1.22. The van der Waals surface area contributed by atoms with Crippen molar-refractivity contribution in [3.63, 3.8) is 0 Å². The van der Waals surface area contributed by atoms with Crippen LogP contribution in [0.15, 0.2) is 54.2 Å². The Morgan fingerprint density at radius 1 is 1.04 bits per heavy atom. The van der Waals surface area contributed by atoms with E-state index < -0.39 is 28.2 Å². The van der Waals surface area contributed by atoms with E-state index in [1.165, 1.54) is 0 Å². The molecule has 2 saturated carbocycles. The molecule has 2 amide bonds. The Morgan fingerprint density at radius 2 is 1.76 bits per heavy atom. The minimum atomic E-state index is -0.853. The van der Waals surface area contributed by atoms with Crippen LogP contribution in [-0.4, -0.2) is 77.9 Å². The molecular weight excluding hydrogens is 726 g/mol. The molecule has 0 bridgehead atoms. The van der Waals surface area contributed by atoms with E-state index in [2.05, 4.69) is 9.82 Å². The van der Waals surface area contributed by atoms with Gasteiger partial charge in [-0.25, -0.2) is 18.6 Å². The van der Waals surface area contributed by atoms with E-state index in [1.807, 2.05) is 42.2 Å². The van der Waals surface area contributed by atoms with Crippen molar-refractivity contribution in [2.24, 2.45) is 5.41 Å². The average molecular weight is 769 g/mol. The van der Waals surface area contributed by atoms with Gasteiger partial charge in [0, 0.05) is 41.9 Å². The van der Waals surface area contributed by atoms with E-state index in [-0.39, 0.29) is 49.1 Å². The van der Waals surface area contributed by atoms with Crippen molar-refractivity contribution in [2.45, 2.75) is 70.9 Å². The van der Waals surface area contributed by atoms with Crippen LogP contribution < -0.4 is 9.47 Å². The molecule has 2 aromatic carbocycles. The lowest BCUT2D eigenvalue weighted by Gasteiger charge is -2.38. The fourth-order valence-corrected chi connectivity index (χ4v) is 7.21. The van der Waals surface area contributed by atoms with E-state index in [0.29, 0.717) is 50.2 Å². The maximum Gasteiger partial charge on any atom is 0.410 e. The van der Waals surface area contributed by atoms with E-state index in [0.717, 1.165) is 65.6 Å². The topological polar surface area (TPSA) is 134 Å². The van der Waals surface area contributed by atoms with Crippen LogP contribution in [0, 0.1) is 34.1 Å². The SMILES string of the molecule is COc1nccc(CN(C(=O)C2=C(c3ccc(CCCOc4c(F)ccc(F)c4Cl)cc3)C3(CC3)CN(C(=O)OCCCCO[N+](=O)[O-])C2)C2CC2)c1C. The van der Waals surface area contributed by atoms with E-state index in [4.69, 9.17) is 25.8 Å². The third kappa shape index (κ3) is 9.03. The maximum absolute atomic E-state index is 14.8. The second kappa shape index (κ2) is 17.0. The zero-order chi connectivity index (χ0) is 38.4. The van der Waals surface area contributed by atoms with Crippen molar-refractivity contribution in [3.05, 3.63) is 103 Å². The van der Waals surface area contributed by atoms with Gasteiger partial charge < -0.3 is 28.8 Å². The third-order valence-electron chi connectivity index (χ3n) is 10.2. The predicted octanol–water partition coefficient (Wildman–Crippen LogP) is 7.51. The Hall–Kier alpha value is -4.98.